The van der Waals surface area contributed by atoms with Gasteiger partial charge in [-0.05, 0) is 35.9 Å². The Labute approximate surface area is 111 Å². The molecule has 1 aromatic heterocycles. The number of halogens is 1. The second-order valence-corrected chi connectivity index (χ2v) is 4.52. The fraction of sp³-hybridized carbons (Fsp3) is 0.462. The summed E-state index contributed by atoms with van der Waals surface area (Å²) in [5.74, 6) is 0.460. The topological polar surface area (TPSA) is 55.6 Å². The summed E-state index contributed by atoms with van der Waals surface area (Å²) in [6.07, 6.45) is 0.587. The van der Waals surface area contributed by atoms with Gasteiger partial charge in [0.05, 0.1) is 7.05 Å². The van der Waals surface area contributed by atoms with Crippen molar-refractivity contribution in [1.82, 2.24) is 25.5 Å². The van der Waals surface area contributed by atoms with Crippen molar-refractivity contribution in [2.24, 2.45) is 7.05 Å². The van der Waals surface area contributed by atoms with Crippen LogP contribution in [0, 0.1) is 12.7 Å². The van der Waals surface area contributed by atoms with E-state index < -0.39 is 0 Å². The average molecular weight is 263 g/mol. The minimum Gasteiger partial charge on any atom is -0.310 e. The van der Waals surface area contributed by atoms with E-state index in [1.165, 1.54) is 4.80 Å². The van der Waals surface area contributed by atoms with Gasteiger partial charge in [-0.25, -0.2) is 4.39 Å². The molecule has 1 unspecified atom stereocenters. The Morgan fingerprint density at radius 2 is 2.21 bits per heavy atom. The lowest BCUT2D eigenvalue weighted by Crippen LogP contribution is -2.23. The van der Waals surface area contributed by atoms with Gasteiger partial charge >= 0.3 is 0 Å². The number of aromatic nitrogens is 4. The smallest absolute Gasteiger partial charge is 0.176 e. The molecule has 0 fully saturated rings. The maximum atomic E-state index is 13.6. The molecule has 0 radical (unpaired) electrons. The Bertz CT molecular complexity index is 552. The molecule has 0 spiro atoms. The van der Waals surface area contributed by atoms with Crippen molar-refractivity contribution in [3.05, 3.63) is 41.0 Å². The van der Waals surface area contributed by atoms with E-state index in [1.54, 1.807) is 26.1 Å². The van der Waals surface area contributed by atoms with Crippen LogP contribution in [0.15, 0.2) is 18.2 Å². The predicted octanol–water partition coefficient (Wildman–Crippen LogP) is 1.55. The van der Waals surface area contributed by atoms with Crippen LogP contribution in [0.25, 0.3) is 0 Å². The fourth-order valence-electron chi connectivity index (χ4n) is 1.97. The third-order valence-corrected chi connectivity index (χ3v) is 2.99. The molecular weight excluding hydrogens is 245 g/mol. The van der Waals surface area contributed by atoms with Crippen molar-refractivity contribution >= 4 is 0 Å². The van der Waals surface area contributed by atoms with E-state index in [9.17, 15) is 4.39 Å². The van der Waals surface area contributed by atoms with Crippen LogP contribution in [0.5, 0.6) is 0 Å². The molecule has 19 heavy (non-hydrogen) atoms. The molecule has 102 valence electrons. The van der Waals surface area contributed by atoms with Gasteiger partial charge in [0.25, 0.3) is 0 Å². The van der Waals surface area contributed by atoms with Crippen molar-refractivity contribution in [2.75, 3.05) is 6.54 Å². The summed E-state index contributed by atoms with van der Waals surface area (Å²) in [6, 6.07) is 5.28. The van der Waals surface area contributed by atoms with Gasteiger partial charge in [-0.1, -0.05) is 19.1 Å². The first kappa shape index (κ1) is 13.6. The van der Waals surface area contributed by atoms with Gasteiger partial charge in [0.1, 0.15) is 5.82 Å². The number of hydrogen-bond donors (Lipinski definition) is 1. The molecule has 0 aliphatic carbocycles. The van der Waals surface area contributed by atoms with Gasteiger partial charge in [-0.15, -0.1) is 10.2 Å². The monoisotopic (exact) mass is 263 g/mol. The first-order valence-electron chi connectivity index (χ1n) is 6.32. The van der Waals surface area contributed by atoms with Crippen LogP contribution in [0.4, 0.5) is 4.39 Å². The second-order valence-electron chi connectivity index (χ2n) is 4.52. The number of rotatable bonds is 5. The van der Waals surface area contributed by atoms with E-state index in [4.69, 9.17) is 0 Å². The van der Waals surface area contributed by atoms with Gasteiger partial charge in [-0.2, -0.15) is 4.80 Å². The standard InChI is InChI=1S/C13H18FN5/c1-4-15-12(8-13-16-18-19(3)17-13)10-6-5-9(2)11(14)7-10/h5-7,12,15H,4,8H2,1-3H3. The van der Waals surface area contributed by atoms with Crippen LogP contribution < -0.4 is 5.32 Å². The van der Waals surface area contributed by atoms with Crippen molar-refractivity contribution in [1.29, 1.82) is 0 Å². The largest absolute Gasteiger partial charge is 0.310 e. The van der Waals surface area contributed by atoms with Gasteiger partial charge in [-0.3, -0.25) is 0 Å². The number of likely N-dealkylation sites (N-methyl/N-ethyl adjacent to an activating group) is 1. The molecule has 1 heterocycles. The number of hydrogen-bond acceptors (Lipinski definition) is 4. The van der Waals surface area contributed by atoms with Crippen molar-refractivity contribution < 1.29 is 4.39 Å². The van der Waals surface area contributed by atoms with Crippen molar-refractivity contribution in [3.63, 3.8) is 0 Å². The molecule has 6 heteroatoms. The predicted molar refractivity (Wildman–Crippen MR) is 70.1 cm³/mol. The van der Waals surface area contributed by atoms with Crippen LogP contribution in [0.2, 0.25) is 0 Å². The Morgan fingerprint density at radius 1 is 1.42 bits per heavy atom. The molecule has 0 aliphatic heterocycles. The Morgan fingerprint density at radius 3 is 2.79 bits per heavy atom. The third-order valence-electron chi connectivity index (χ3n) is 2.99. The summed E-state index contributed by atoms with van der Waals surface area (Å²) in [5.41, 5.74) is 1.55. The quantitative estimate of drug-likeness (QED) is 0.889. The summed E-state index contributed by atoms with van der Waals surface area (Å²) < 4.78 is 13.6. The molecule has 2 rings (SSSR count). The van der Waals surface area contributed by atoms with Crippen LogP contribution in [-0.4, -0.2) is 26.8 Å². The molecule has 5 nitrogen and oxygen atoms in total. The lowest BCUT2D eigenvalue weighted by Gasteiger charge is -2.17. The van der Waals surface area contributed by atoms with E-state index in [0.29, 0.717) is 17.8 Å². The Kier molecular flexibility index (Phi) is 4.21. The maximum absolute atomic E-state index is 13.6. The van der Waals surface area contributed by atoms with E-state index in [2.05, 4.69) is 20.7 Å². The summed E-state index contributed by atoms with van der Waals surface area (Å²) in [7, 11) is 1.73. The molecule has 0 saturated carbocycles. The zero-order valence-corrected chi connectivity index (χ0v) is 11.4. The minimum absolute atomic E-state index is 0.00991. The van der Waals surface area contributed by atoms with Crippen LogP contribution in [0.1, 0.15) is 29.9 Å². The molecule has 1 atom stereocenters. The van der Waals surface area contributed by atoms with E-state index in [1.807, 2.05) is 13.0 Å². The highest BCUT2D eigenvalue weighted by molar-refractivity contribution is 5.26. The van der Waals surface area contributed by atoms with Crippen molar-refractivity contribution in [3.8, 4) is 0 Å². The summed E-state index contributed by atoms with van der Waals surface area (Å²) in [5, 5.41) is 15.3. The number of benzene rings is 1. The molecule has 1 aromatic carbocycles. The van der Waals surface area contributed by atoms with E-state index in [-0.39, 0.29) is 11.9 Å². The zero-order valence-electron chi connectivity index (χ0n) is 11.4. The SMILES string of the molecule is CCNC(Cc1nnn(C)n1)c1ccc(C)c(F)c1. The van der Waals surface area contributed by atoms with Gasteiger partial charge in [0.15, 0.2) is 5.82 Å². The lowest BCUT2D eigenvalue weighted by atomic mass is 10.0. The van der Waals surface area contributed by atoms with E-state index in [0.717, 1.165) is 12.1 Å². The molecule has 0 saturated heterocycles. The lowest BCUT2D eigenvalue weighted by molar-refractivity contribution is 0.528. The first-order valence-corrected chi connectivity index (χ1v) is 6.32. The average Bonchev–Trinajstić information content (AvgIpc) is 2.78. The molecule has 0 bridgehead atoms. The molecule has 0 amide bonds. The summed E-state index contributed by atoms with van der Waals surface area (Å²) in [4.78, 5) is 1.42. The van der Waals surface area contributed by atoms with Crippen molar-refractivity contribution in [2.45, 2.75) is 26.3 Å². The number of nitrogens with zero attached hydrogens (tertiary/aromatic N) is 4. The summed E-state index contributed by atoms with van der Waals surface area (Å²) >= 11 is 0. The highest BCUT2D eigenvalue weighted by atomic mass is 19.1. The normalized spacial score (nSPS) is 12.6. The molecule has 1 N–H and O–H groups in total. The highest BCUT2D eigenvalue weighted by Gasteiger charge is 2.15. The molecule has 0 aliphatic rings. The zero-order chi connectivity index (χ0) is 13.8. The minimum atomic E-state index is -0.187. The number of tetrazole rings is 1. The number of aryl methyl sites for hydroxylation is 2. The maximum Gasteiger partial charge on any atom is 0.176 e. The molecule has 2 aromatic rings. The van der Waals surface area contributed by atoms with Gasteiger partial charge in [0, 0.05) is 12.5 Å². The second kappa shape index (κ2) is 5.88. The van der Waals surface area contributed by atoms with Crippen LogP contribution >= 0.6 is 0 Å². The first-order chi connectivity index (χ1) is 9.10. The third kappa shape index (κ3) is 3.35. The summed E-state index contributed by atoms with van der Waals surface area (Å²) in [6.45, 7) is 4.56. The Hall–Kier alpha value is -1.82. The van der Waals surface area contributed by atoms with Crippen LogP contribution in [0.3, 0.4) is 0 Å². The van der Waals surface area contributed by atoms with Crippen LogP contribution in [-0.2, 0) is 13.5 Å². The number of nitrogens with one attached hydrogen (secondary N) is 1. The van der Waals surface area contributed by atoms with Gasteiger partial charge in [0.2, 0.25) is 0 Å². The van der Waals surface area contributed by atoms with Gasteiger partial charge < -0.3 is 5.32 Å². The fourth-order valence-corrected chi connectivity index (χ4v) is 1.97. The van der Waals surface area contributed by atoms with E-state index >= 15 is 0 Å². The highest BCUT2D eigenvalue weighted by Crippen LogP contribution is 2.19. The Balaban J connectivity index is 2.21. The molecular formula is C13H18FN5.